The van der Waals surface area contributed by atoms with E-state index in [4.69, 9.17) is 4.74 Å². The van der Waals surface area contributed by atoms with Gasteiger partial charge in [-0.25, -0.2) is 9.97 Å². The number of aryl methyl sites for hydroxylation is 1. The Morgan fingerprint density at radius 1 is 1.19 bits per heavy atom. The topological polar surface area (TPSA) is 101 Å². The Morgan fingerprint density at radius 3 is 2.90 bits per heavy atom. The van der Waals surface area contributed by atoms with Gasteiger partial charge in [-0.1, -0.05) is 6.07 Å². The van der Waals surface area contributed by atoms with Crippen molar-refractivity contribution < 1.29 is 14.3 Å². The highest BCUT2D eigenvalue weighted by Gasteiger charge is 2.31. The molecule has 2 aliphatic rings. The van der Waals surface area contributed by atoms with E-state index < -0.39 is 0 Å². The Balaban J connectivity index is 1.33. The second kappa shape index (κ2) is 9.82. The lowest BCUT2D eigenvalue weighted by Crippen LogP contribution is -2.35. The minimum absolute atomic E-state index is 0.0110. The standard InChI is InChI=1S/C22H28N6O3/c1-16-5-2-7-19(24-16)26-20-14-23-13-17(25-20)18-6-3-10-28(18)22(30)15-31-12-11-27-9-4-8-21(27)29/h2,5,7,13-14,18H,3-4,6,8-12,15H2,1H3,(H,24,25,26)/t18-/m1/s1. The third kappa shape index (κ3) is 5.35. The van der Waals surface area contributed by atoms with E-state index >= 15 is 0 Å². The van der Waals surface area contributed by atoms with Crippen molar-refractivity contribution in [1.29, 1.82) is 0 Å². The smallest absolute Gasteiger partial charge is 0.249 e. The number of nitrogens with one attached hydrogen (secondary N) is 1. The average molecular weight is 425 g/mol. The lowest BCUT2D eigenvalue weighted by molar-refractivity contribution is -0.137. The van der Waals surface area contributed by atoms with E-state index in [1.165, 1.54) is 0 Å². The first-order chi connectivity index (χ1) is 15.1. The summed E-state index contributed by atoms with van der Waals surface area (Å²) in [6.07, 6.45) is 6.64. The van der Waals surface area contributed by atoms with Gasteiger partial charge >= 0.3 is 0 Å². The molecule has 2 amide bonds. The van der Waals surface area contributed by atoms with Gasteiger partial charge in [-0.05, 0) is 38.3 Å². The van der Waals surface area contributed by atoms with Crippen LogP contribution in [-0.2, 0) is 14.3 Å². The molecule has 164 valence electrons. The van der Waals surface area contributed by atoms with Crippen LogP contribution in [0.3, 0.4) is 0 Å². The number of hydrogen-bond donors (Lipinski definition) is 1. The molecule has 9 heteroatoms. The van der Waals surface area contributed by atoms with Gasteiger partial charge < -0.3 is 19.9 Å². The van der Waals surface area contributed by atoms with Crippen LogP contribution in [0.2, 0.25) is 0 Å². The zero-order valence-electron chi connectivity index (χ0n) is 17.8. The largest absolute Gasteiger partial charge is 0.370 e. The number of anilines is 2. The van der Waals surface area contributed by atoms with Crippen LogP contribution in [0, 0.1) is 6.92 Å². The summed E-state index contributed by atoms with van der Waals surface area (Å²) in [6, 6.07) is 5.62. The second-order valence-corrected chi connectivity index (χ2v) is 7.90. The molecule has 2 fully saturated rings. The van der Waals surface area contributed by atoms with Crippen LogP contribution in [0.25, 0.3) is 0 Å². The van der Waals surface area contributed by atoms with E-state index in [1.807, 2.05) is 30.0 Å². The maximum absolute atomic E-state index is 12.7. The van der Waals surface area contributed by atoms with Crippen molar-refractivity contribution >= 4 is 23.5 Å². The zero-order valence-corrected chi connectivity index (χ0v) is 17.8. The molecule has 0 spiro atoms. The molecule has 0 aromatic carbocycles. The first-order valence-corrected chi connectivity index (χ1v) is 10.8. The summed E-state index contributed by atoms with van der Waals surface area (Å²) in [7, 11) is 0. The fraction of sp³-hybridized carbons (Fsp3) is 0.500. The van der Waals surface area contributed by atoms with Crippen LogP contribution in [0.1, 0.15) is 43.1 Å². The summed E-state index contributed by atoms with van der Waals surface area (Å²) >= 11 is 0. The molecule has 31 heavy (non-hydrogen) atoms. The number of aromatic nitrogens is 3. The van der Waals surface area contributed by atoms with E-state index in [0.29, 0.717) is 37.8 Å². The third-order valence-corrected chi connectivity index (χ3v) is 5.61. The number of hydrogen-bond acceptors (Lipinski definition) is 7. The fourth-order valence-electron chi connectivity index (χ4n) is 4.08. The molecule has 2 aromatic rings. The molecule has 2 aromatic heterocycles. The maximum atomic E-state index is 12.7. The predicted molar refractivity (Wildman–Crippen MR) is 115 cm³/mol. The Labute approximate surface area is 181 Å². The maximum Gasteiger partial charge on any atom is 0.249 e. The minimum Gasteiger partial charge on any atom is -0.370 e. The summed E-state index contributed by atoms with van der Waals surface area (Å²) in [5.41, 5.74) is 1.67. The van der Waals surface area contributed by atoms with Crippen molar-refractivity contribution in [3.8, 4) is 0 Å². The number of carbonyl (C=O) groups excluding carboxylic acids is 2. The van der Waals surface area contributed by atoms with Crippen LogP contribution < -0.4 is 5.32 Å². The highest BCUT2D eigenvalue weighted by Crippen LogP contribution is 2.31. The molecule has 4 heterocycles. The fourth-order valence-corrected chi connectivity index (χ4v) is 4.08. The van der Waals surface area contributed by atoms with Gasteiger partial charge in [0.25, 0.3) is 0 Å². The van der Waals surface area contributed by atoms with Crippen molar-refractivity contribution in [2.45, 2.75) is 38.6 Å². The van der Waals surface area contributed by atoms with Crippen LogP contribution in [0.4, 0.5) is 11.6 Å². The van der Waals surface area contributed by atoms with Crippen molar-refractivity contribution in [1.82, 2.24) is 24.8 Å². The van der Waals surface area contributed by atoms with E-state index in [0.717, 1.165) is 37.2 Å². The predicted octanol–water partition coefficient (Wildman–Crippen LogP) is 2.23. The molecular weight excluding hydrogens is 396 g/mol. The van der Waals surface area contributed by atoms with Gasteiger partial charge in [0.2, 0.25) is 11.8 Å². The van der Waals surface area contributed by atoms with Gasteiger partial charge in [0.1, 0.15) is 18.2 Å². The van der Waals surface area contributed by atoms with Crippen molar-refractivity contribution in [3.05, 3.63) is 42.0 Å². The van der Waals surface area contributed by atoms with Crippen LogP contribution in [0.15, 0.2) is 30.6 Å². The van der Waals surface area contributed by atoms with E-state index in [-0.39, 0.29) is 24.5 Å². The molecule has 0 unspecified atom stereocenters. The second-order valence-electron chi connectivity index (χ2n) is 7.90. The summed E-state index contributed by atoms with van der Waals surface area (Å²) in [5.74, 6) is 1.41. The molecule has 4 rings (SSSR count). The SMILES string of the molecule is Cc1cccc(Nc2cncc([C@H]3CCCN3C(=O)COCCN3CCCC3=O)n2)n1. The van der Waals surface area contributed by atoms with E-state index in [1.54, 1.807) is 17.3 Å². The Morgan fingerprint density at radius 2 is 2.10 bits per heavy atom. The average Bonchev–Trinajstić information content (AvgIpc) is 3.40. The molecular formula is C22H28N6O3. The number of carbonyl (C=O) groups is 2. The number of amides is 2. The van der Waals surface area contributed by atoms with Crippen LogP contribution >= 0.6 is 0 Å². The number of pyridine rings is 1. The van der Waals surface area contributed by atoms with E-state index in [9.17, 15) is 9.59 Å². The van der Waals surface area contributed by atoms with Gasteiger partial charge in [-0.15, -0.1) is 0 Å². The van der Waals surface area contributed by atoms with Gasteiger partial charge in [0, 0.05) is 31.7 Å². The van der Waals surface area contributed by atoms with Crippen LogP contribution in [-0.4, -0.2) is 69.4 Å². The number of nitrogens with zero attached hydrogens (tertiary/aromatic N) is 5. The first kappa shape index (κ1) is 21.2. The van der Waals surface area contributed by atoms with Crippen LogP contribution in [0.5, 0.6) is 0 Å². The molecule has 0 saturated carbocycles. The molecule has 2 aliphatic heterocycles. The summed E-state index contributed by atoms with van der Waals surface area (Å²) in [6.45, 7) is 4.32. The molecule has 2 saturated heterocycles. The van der Waals surface area contributed by atoms with Gasteiger partial charge in [0.15, 0.2) is 0 Å². The quantitative estimate of drug-likeness (QED) is 0.649. The molecule has 1 atom stereocenters. The summed E-state index contributed by atoms with van der Waals surface area (Å²) < 4.78 is 5.57. The minimum atomic E-state index is -0.115. The van der Waals surface area contributed by atoms with Gasteiger partial charge in [-0.3, -0.25) is 14.6 Å². The molecule has 0 radical (unpaired) electrons. The molecule has 1 N–H and O–H groups in total. The van der Waals surface area contributed by atoms with Crippen molar-refractivity contribution in [2.24, 2.45) is 0 Å². The Bertz CT molecular complexity index is 937. The van der Waals surface area contributed by atoms with Crippen molar-refractivity contribution in [2.75, 3.05) is 38.2 Å². The Hall–Kier alpha value is -3.07. The normalized spacial score (nSPS) is 18.6. The Kier molecular flexibility index (Phi) is 6.71. The van der Waals surface area contributed by atoms with Gasteiger partial charge in [0.05, 0.1) is 30.7 Å². The number of ether oxygens (including phenoxy) is 1. The zero-order chi connectivity index (χ0) is 21.6. The molecule has 0 aliphatic carbocycles. The summed E-state index contributed by atoms with van der Waals surface area (Å²) in [5, 5.41) is 3.18. The lowest BCUT2D eigenvalue weighted by Gasteiger charge is -2.24. The monoisotopic (exact) mass is 424 g/mol. The first-order valence-electron chi connectivity index (χ1n) is 10.8. The van der Waals surface area contributed by atoms with Crippen molar-refractivity contribution in [3.63, 3.8) is 0 Å². The molecule has 0 bridgehead atoms. The van der Waals surface area contributed by atoms with E-state index in [2.05, 4.69) is 20.3 Å². The third-order valence-electron chi connectivity index (χ3n) is 5.61. The highest BCUT2D eigenvalue weighted by molar-refractivity contribution is 5.78. The molecule has 9 nitrogen and oxygen atoms in total. The lowest BCUT2D eigenvalue weighted by atomic mass is 10.1. The van der Waals surface area contributed by atoms with Gasteiger partial charge in [-0.2, -0.15) is 0 Å². The highest BCUT2D eigenvalue weighted by atomic mass is 16.5. The number of rotatable bonds is 8. The number of likely N-dealkylation sites (tertiary alicyclic amines) is 2. The summed E-state index contributed by atoms with van der Waals surface area (Å²) in [4.78, 5) is 41.4.